The van der Waals surface area contributed by atoms with Gasteiger partial charge in [0.25, 0.3) is 5.69 Å². The SMILES string of the molecule is C=CCn1c(-c2cccc([N+](=O)[O-])c2)csc1=Nc1c(C)cc(C)cc1C. The highest BCUT2D eigenvalue weighted by Crippen LogP contribution is 2.27. The lowest BCUT2D eigenvalue weighted by Crippen LogP contribution is -2.15. The average molecular weight is 379 g/mol. The third-order valence-electron chi connectivity index (χ3n) is 4.30. The van der Waals surface area contributed by atoms with Gasteiger partial charge in [-0.25, -0.2) is 4.99 Å². The molecule has 0 unspecified atom stereocenters. The lowest BCUT2D eigenvalue weighted by molar-refractivity contribution is -0.384. The van der Waals surface area contributed by atoms with Crippen molar-refractivity contribution in [2.45, 2.75) is 27.3 Å². The van der Waals surface area contributed by atoms with Crippen molar-refractivity contribution in [3.05, 3.63) is 86.0 Å². The summed E-state index contributed by atoms with van der Waals surface area (Å²) in [6, 6.07) is 10.9. The minimum Gasteiger partial charge on any atom is -0.313 e. The molecule has 6 heteroatoms. The first kappa shape index (κ1) is 18.8. The van der Waals surface area contributed by atoms with Crippen LogP contribution in [0.1, 0.15) is 16.7 Å². The second kappa shape index (κ2) is 7.72. The van der Waals surface area contributed by atoms with E-state index in [1.807, 2.05) is 16.0 Å². The van der Waals surface area contributed by atoms with Gasteiger partial charge in [-0.2, -0.15) is 0 Å². The van der Waals surface area contributed by atoms with E-state index < -0.39 is 0 Å². The van der Waals surface area contributed by atoms with Crippen molar-refractivity contribution in [1.82, 2.24) is 4.57 Å². The van der Waals surface area contributed by atoms with Gasteiger partial charge in [0.2, 0.25) is 0 Å². The molecule has 0 saturated heterocycles. The average Bonchev–Trinajstić information content (AvgIpc) is 3.01. The van der Waals surface area contributed by atoms with Crippen molar-refractivity contribution in [3.63, 3.8) is 0 Å². The van der Waals surface area contributed by atoms with E-state index in [-0.39, 0.29) is 10.6 Å². The van der Waals surface area contributed by atoms with Gasteiger partial charge in [-0.15, -0.1) is 17.9 Å². The Kier molecular flexibility index (Phi) is 5.37. The first-order chi connectivity index (χ1) is 12.9. The molecule has 0 aliphatic rings. The fourth-order valence-electron chi connectivity index (χ4n) is 3.18. The van der Waals surface area contributed by atoms with Crippen LogP contribution in [0.2, 0.25) is 0 Å². The summed E-state index contributed by atoms with van der Waals surface area (Å²) in [6.07, 6.45) is 1.81. The van der Waals surface area contributed by atoms with Crippen molar-refractivity contribution in [2.24, 2.45) is 4.99 Å². The molecule has 27 heavy (non-hydrogen) atoms. The van der Waals surface area contributed by atoms with Crippen LogP contribution in [0.15, 0.2) is 59.4 Å². The number of thiazole rings is 1. The number of nitrogens with zero attached hydrogens (tertiary/aromatic N) is 3. The van der Waals surface area contributed by atoms with Crippen molar-refractivity contribution in [2.75, 3.05) is 0 Å². The number of benzene rings is 2. The quantitative estimate of drug-likeness (QED) is 0.335. The van der Waals surface area contributed by atoms with Crippen LogP contribution in [0.5, 0.6) is 0 Å². The van der Waals surface area contributed by atoms with Gasteiger partial charge in [-0.05, 0) is 31.9 Å². The Hall–Kier alpha value is -2.99. The molecule has 2 aromatic carbocycles. The third kappa shape index (κ3) is 3.90. The first-order valence-electron chi connectivity index (χ1n) is 8.57. The van der Waals surface area contributed by atoms with Crippen LogP contribution in [-0.2, 0) is 6.54 Å². The summed E-state index contributed by atoms with van der Waals surface area (Å²) in [5, 5.41) is 13.1. The Labute approximate surface area is 162 Å². The van der Waals surface area contributed by atoms with E-state index in [2.05, 4.69) is 39.5 Å². The van der Waals surface area contributed by atoms with Crippen molar-refractivity contribution in [1.29, 1.82) is 0 Å². The molecule has 0 spiro atoms. The lowest BCUT2D eigenvalue weighted by Gasteiger charge is -2.09. The highest BCUT2D eigenvalue weighted by atomic mass is 32.1. The Morgan fingerprint density at radius 1 is 1.22 bits per heavy atom. The molecule has 0 aliphatic carbocycles. The standard InChI is InChI=1S/C21H21N3O2S/c1-5-9-23-19(17-7-6-8-18(12-17)24(25)26)13-27-21(23)22-20-15(3)10-14(2)11-16(20)4/h5-8,10-13H,1,9H2,2-4H3. The van der Waals surface area contributed by atoms with Crippen LogP contribution in [0.3, 0.4) is 0 Å². The highest BCUT2D eigenvalue weighted by Gasteiger charge is 2.12. The van der Waals surface area contributed by atoms with Gasteiger partial charge >= 0.3 is 0 Å². The smallest absolute Gasteiger partial charge is 0.270 e. The zero-order chi connectivity index (χ0) is 19.6. The monoisotopic (exact) mass is 379 g/mol. The summed E-state index contributed by atoms with van der Waals surface area (Å²) in [4.78, 5) is 16.5. The summed E-state index contributed by atoms with van der Waals surface area (Å²) < 4.78 is 2.04. The summed E-state index contributed by atoms with van der Waals surface area (Å²) in [7, 11) is 0. The van der Waals surface area contributed by atoms with E-state index in [0.29, 0.717) is 6.54 Å². The lowest BCUT2D eigenvalue weighted by atomic mass is 10.1. The van der Waals surface area contributed by atoms with Gasteiger partial charge in [0, 0.05) is 29.6 Å². The molecule has 0 radical (unpaired) electrons. The second-order valence-electron chi connectivity index (χ2n) is 6.47. The normalized spacial score (nSPS) is 11.6. The van der Waals surface area contributed by atoms with Crippen LogP contribution < -0.4 is 4.80 Å². The predicted octanol–water partition coefficient (Wildman–Crippen LogP) is 5.47. The van der Waals surface area contributed by atoms with E-state index in [1.165, 1.54) is 23.0 Å². The number of aryl methyl sites for hydroxylation is 3. The molecule has 1 aromatic heterocycles. The fourth-order valence-corrected chi connectivity index (χ4v) is 4.10. The van der Waals surface area contributed by atoms with E-state index in [1.54, 1.807) is 18.2 Å². The Morgan fingerprint density at radius 2 is 1.93 bits per heavy atom. The highest BCUT2D eigenvalue weighted by molar-refractivity contribution is 7.07. The Balaban J connectivity index is 2.19. The van der Waals surface area contributed by atoms with Crippen LogP contribution in [0, 0.1) is 30.9 Å². The van der Waals surface area contributed by atoms with E-state index >= 15 is 0 Å². The van der Waals surface area contributed by atoms with E-state index in [9.17, 15) is 10.1 Å². The van der Waals surface area contributed by atoms with Crippen molar-refractivity contribution < 1.29 is 4.92 Å². The van der Waals surface area contributed by atoms with Gasteiger partial charge in [0.15, 0.2) is 4.80 Å². The molecule has 0 aliphatic heterocycles. The number of hydrogen-bond acceptors (Lipinski definition) is 4. The topological polar surface area (TPSA) is 60.4 Å². The zero-order valence-corrected chi connectivity index (χ0v) is 16.4. The number of aromatic nitrogens is 1. The van der Waals surface area contributed by atoms with Gasteiger partial charge in [-0.3, -0.25) is 10.1 Å². The number of non-ortho nitro benzene ring substituents is 1. The molecule has 3 rings (SSSR count). The molecular weight excluding hydrogens is 358 g/mol. The Morgan fingerprint density at radius 3 is 2.56 bits per heavy atom. The molecule has 0 saturated carbocycles. The van der Waals surface area contributed by atoms with Crippen molar-refractivity contribution >= 4 is 22.7 Å². The van der Waals surface area contributed by atoms with E-state index in [4.69, 9.17) is 4.99 Å². The molecule has 0 fully saturated rings. The summed E-state index contributed by atoms with van der Waals surface area (Å²) in [5.74, 6) is 0. The first-order valence-corrected chi connectivity index (χ1v) is 9.45. The summed E-state index contributed by atoms with van der Waals surface area (Å²) >= 11 is 1.52. The van der Waals surface area contributed by atoms with Crippen LogP contribution >= 0.6 is 11.3 Å². The van der Waals surface area contributed by atoms with Crippen LogP contribution in [0.25, 0.3) is 11.3 Å². The minimum atomic E-state index is -0.377. The van der Waals surface area contributed by atoms with Crippen LogP contribution in [-0.4, -0.2) is 9.49 Å². The predicted molar refractivity (Wildman–Crippen MR) is 110 cm³/mol. The van der Waals surface area contributed by atoms with Crippen LogP contribution in [0.4, 0.5) is 11.4 Å². The summed E-state index contributed by atoms with van der Waals surface area (Å²) in [6.45, 7) is 10.6. The maximum Gasteiger partial charge on any atom is 0.270 e. The molecule has 0 N–H and O–H groups in total. The van der Waals surface area contributed by atoms with Gasteiger partial charge in [0.1, 0.15) is 0 Å². The third-order valence-corrected chi connectivity index (χ3v) is 5.17. The summed E-state index contributed by atoms with van der Waals surface area (Å²) in [5.41, 5.74) is 6.20. The number of nitro groups is 1. The molecule has 5 nitrogen and oxygen atoms in total. The number of nitro benzene ring substituents is 1. The molecule has 1 heterocycles. The Bertz CT molecular complexity index is 1070. The van der Waals surface area contributed by atoms with Gasteiger partial charge in [0.05, 0.1) is 16.3 Å². The minimum absolute atomic E-state index is 0.0764. The largest absolute Gasteiger partial charge is 0.313 e. The fraction of sp³-hybridized carbons (Fsp3) is 0.190. The molecule has 0 atom stereocenters. The zero-order valence-electron chi connectivity index (χ0n) is 15.6. The molecule has 0 amide bonds. The maximum atomic E-state index is 11.1. The van der Waals surface area contributed by atoms with E-state index in [0.717, 1.165) is 32.9 Å². The molecule has 138 valence electrons. The number of allylic oxidation sites excluding steroid dienone is 1. The maximum absolute atomic E-state index is 11.1. The van der Waals surface area contributed by atoms with Gasteiger partial charge < -0.3 is 4.57 Å². The van der Waals surface area contributed by atoms with Crippen molar-refractivity contribution in [3.8, 4) is 11.3 Å². The molecule has 3 aromatic rings. The number of hydrogen-bond donors (Lipinski definition) is 0. The van der Waals surface area contributed by atoms with Gasteiger partial charge in [-0.1, -0.05) is 35.9 Å². The molecular formula is C21H21N3O2S. The number of rotatable bonds is 5. The second-order valence-corrected chi connectivity index (χ2v) is 7.31. The molecule has 0 bridgehead atoms.